The Balaban J connectivity index is 2.14. The number of aromatic nitrogens is 2. The molecule has 0 aliphatic heterocycles. The van der Waals surface area contributed by atoms with Crippen LogP contribution in [0.15, 0.2) is 27.4 Å². The fourth-order valence-electron chi connectivity index (χ4n) is 2.76. The topological polar surface area (TPSA) is 62.1 Å². The maximum atomic E-state index is 12.3. The van der Waals surface area contributed by atoms with Crippen LogP contribution in [0.2, 0.25) is 0 Å². The average Bonchev–Trinajstić information content (AvgIpc) is 2.97. The SMILES string of the molecule is CCc1cc(N(C)c2nc3c(C)ccc(C)c3o2)c(=O)[nH]c1C. The van der Waals surface area contributed by atoms with Gasteiger partial charge in [-0.1, -0.05) is 19.1 Å². The average molecular weight is 311 g/mol. The van der Waals surface area contributed by atoms with Crippen molar-refractivity contribution in [1.82, 2.24) is 9.97 Å². The Kier molecular flexibility index (Phi) is 3.72. The maximum Gasteiger partial charge on any atom is 0.302 e. The number of aromatic amines is 1. The van der Waals surface area contributed by atoms with E-state index < -0.39 is 0 Å². The van der Waals surface area contributed by atoms with E-state index >= 15 is 0 Å². The van der Waals surface area contributed by atoms with Gasteiger partial charge in [-0.05, 0) is 49.9 Å². The molecule has 3 rings (SSSR count). The Morgan fingerprint density at radius 1 is 1.22 bits per heavy atom. The first-order valence-electron chi connectivity index (χ1n) is 7.75. The number of oxazole rings is 1. The van der Waals surface area contributed by atoms with Gasteiger partial charge in [0, 0.05) is 12.7 Å². The molecule has 2 aromatic heterocycles. The summed E-state index contributed by atoms with van der Waals surface area (Å²) in [5.74, 6) is 0. The largest absolute Gasteiger partial charge is 0.423 e. The number of hydrogen-bond donors (Lipinski definition) is 1. The second-order valence-electron chi connectivity index (χ2n) is 5.92. The number of rotatable bonds is 3. The Morgan fingerprint density at radius 2 is 1.91 bits per heavy atom. The van der Waals surface area contributed by atoms with E-state index in [2.05, 4.69) is 16.9 Å². The van der Waals surface area contributed by atoms with Crippen LogP contribution in [0.5, 0.6) is 0 Å². The standard InChI is InChI=1S/C18H21N3O2/c1-6-13-9-14(17(22)19-12(13)4)21(5)18-20-15-10(2)7-8-11(3)16(15)23-18/h7-9H,6H2,1-5H3,(H,19,22). The van der Waals surface area contributed by atoms with Crippen molar-refractivity contribution < 1.29 is 4.42 Å². The highest BCUT2D eigenvalue weighted by atomic mass is 16.4. The van der Waals surface area contributed by atoms with Gasteiger partial charge in [0.1, 0.15) is 11.2 Å². The molecule has 0 aliphatic rings. The van der Waals surface area contributed by atoms with Crippen molar-refractivity contribution in [1.29, 1.82) is 0 Å². The van der Waals surface area contributed by atoms with E-state index in [0.29, 0.717) is 11.7 Å². The molecule has 1 N–H and O–H groups in total. The summed E-state index contributed by atoms with van der Waals surface area (Å²) in [7, 11) is 1.80. The third kappa shape index (κ3) is 2.52. The molecule has 5 heteroatoms. The summed E-state index contributed by atoms with van der Waals surface area (Å²) in [4.78, 5) is 21.5. The fourth-order valence-corrected chi connectivity index (χ4v) is 2.76. The summed E-state index contributed by atoms with van der Waals surface area (Å²) in [6.07, 6.45) is 0.856. The Labute approximate surface area is 135 Å². The van der Waals surface area contributed by atoms with Gasteiger partial charge in [0.15, 0.2) is 5.58 Å². The van der Waals surface area contributed by atoms with Gasteiger partial charge in [-0.2, -0.15) is 4.98 Å². The lowest BCUT2D eigenvalue weighted by molar-refractivity contribution is 0.600. The Morgan fingerprint density at radius 3 is 2.57 bits per heavy atom. The van der Waals surface area contributed by atoms with Crippen LogP contribution in [0.3, 0.4) is 0 Å². The monoisotopic (exact) mass is 311 g/mol. The molecule has 0 unspecified atom stereocenters. The van der Waals surface area contributed by atoms with E-state index in [1.807, 2.05) is 39.0 Å². The molecule has 1 aromatic carbocycles. The molecule has 3 aromatic rings. The van der Waals surface area contributed by atoms with Crippen LogP contribution >= 0.6 is 0 Å². The molecule has 0 bridgehead atoms. The van der Waals surface area contributed by atoms with Crippen LogP contribution in [0, 0.1) is 20.8 Å². The van der Waals surface area contributed by atoms with E-state index in [-0.39, 0.29) is 5.56 Å². The van der Waals surface area contributed by atoms with E-state index in [0.717, 1.165) is 39.9 Å². The number of pyridine rings is 1. The van der Waals surface area contributed by atoms with Crippen molar-refractivity contribution >= 4 is 22.8 Å². The number of nitrogens with one attached hydrogen (secondary N) is 1. The molecule has 0 spiro atoms. The van der Waals surface area contributed by atoms with Gasteiger partial charge in [-0.3, -0.25) is 9.69 Å². The van der Waals surface area contributed by atoms with Crippen LogP contribution in [-0.2, 0) is 6.42 Å². The number of fused-ring (bicyclic) bond motifs is 1. The molecule has 23 heavy (non-hydrogen) atoms. The van der Waals surface area contributed by atoms with Crippen LogP contribution < -0.4 is 10.5 Å². The van der Waals surface area contributed by atoms with E-state index in [1.54, 1.807) is 11.9 Å². The minimum absolute atomic E-state index is 0.141. The zero-order valence-corrected chi connectivity index (χ0v) is 14.2. The van der Waals surface area contributed by atoms with Crippen LogP contribution in [0.25, 0.3) is 11.1 Å². The summed E-state index contributed by atoms with van der Waals surface area (Å²) in [5.41, 5.74) is 6.10. The lowest BCUT2D eigenvalue weighted by Crippen LogP contribution is -2.22. The smallest absolute Gasteiger partial charge is 0.302 e. The molecule has 0 radical (unpaired) electrons. The number of aryl methyl sites for hydroxylation is 4. The van der Waals surface area contributed by atoms with Crippen LogP contribution in [0.4, 0.5) is 11.7 Å². The number of nitrogens with zero attached hydrogens (tertiary/aromatic N) is 2. The van der Waals surface area contributed by atoms with Gasteiger partial charge < -0.3 is 9.40 Å². The highest BCUT2D eigenvalue weighted by Crippen LogP contribution is 2.29. The minimum atomic E-state index is -0.141. The third-order valence-corrected chi connectivity index (χ3v) is 4.29. The normalized spacial score (nSPS) is 11.2. The van der Waals surface area contributed by atoms with Crippen molar-refractivity contribution in [2.24, 2.45) is 0 Å². The molecule has 5 nitrogen and oxygen atoms in total. The second kappa shape index (κ2) is 5.57. The van der Waals surface area contributed by atoms with Gasteiger partial charge >= 0.3 is 6.01 Å². The first-order valence-corrected chi connectivity index (χ1v) is 7.75. The zero-order chi connectivity index (χ0) is 16.7. The molecule has 0 saturated heterocycles. The van der Waals surface area contributed by atoms with Crippen molar-refractivity contribution in [2.75, 3.05) is 11.9 Å². The highest BCUT2D eigenvalue weighted by Gasteiger charge is 2.18. The fraction of sp³-hybridized carbons (Fsp3) is 0.333. The van der Waals surface area contributed by atoms with Gasteiger partial charge in [0.2, 0.25) is 0 Å². The minimum Gasteiger partial charge on any atom is -0.423 e. The summed E-state index contributed by atoms with van der Waals surface area (Å²) in [6.45, 7) is 7.97. The molecule has 0 saturated carbocycles. The number of benzene rings is 1. The molecule has 120 valence electrons. The molecular formula is C18H21N3O2. The molecule has 2 heterocycles. The van der Waals surface area contributed by atoms with Crippen molar-refractivity contribution in [3.05, 3.63) is 50.9 Å². The van der Waals surface area contributed by atoms with Crippen molar-refractivity contribution in [2.45, 2.75) is 34.1 Å². The predicted molar refractivity (Wildman–Crippen MR) is 92.7 cm³/mol. The zero-order valence-electron chi connectivity index (χ0n) is 14.2. The van der Waals surface area contributed by atoms with Gasteiger partial charge in [-0.25, -0.2) is 0 Å². The Bertz CT molecular complexity index is 898. The van der Waals surface area contributed by atoms with E-state index in [9.17, 15) is 4.79 Å². The molecule has 0 atom stereocenters. The van der Waals surface area contributed by atoms with Crippen molar-refractivity contribution in [3.8, 4) is 0 Å². The third-order valence-electron chi connectivity index (χ3n) is 4.29. The maximum absolute atomic E-state index is 12.3. The molecule has 0 aliphatic carbocycles. The van der Waals surface area contributed by atoms with Crippen LogP contribution in [-0.4, -0.2) is 17.0 Å². The quantitative estimate of drug-likeness (QED) is 0.799. The number of anilines is 2. The van der Waals surface area contributed by atoms with Crippen molar-refractivity contribution in [3.63, 3.8) is 0 Å². The first-order chi connectivity index (χ1) is 10.9. The summed E-state index contributed by atoms with van der Waals surface area (Å²) in [5, 5.41) is 0. The van der Waals surface area contributed by atoms with Crippen LogP contribution in [0.1, 0.15) is 29.3 Å². The summed E-state index contributed by atoms with van der Waals surface area (Å²) in [6, 6.07) is 6.37. The van der Waals surface area contributed by atoms with Gasteiger partial charge in [-0.15, -0.1) is 0 Å². The molecule has 0 amide bonds. The molecule has 0 fully saturated rings. The van der Waals surface area contributed by atoms with Gasteiger partial charge in [0.25, 0.3) is 5.56 Å². The second-order valence-corrected chi connectivity index (χ2v) is 5.92. The lowest BCUT2D eigenvalue weighted by Gasteiger charge is -2.15. The Hall–Kier alpha value is -2.56. The highest BCUT2D eigenvalue weighted by molar-refractivity contribution is 5.81. The summed E-state index contributed by atoms with van der Waals surface area (Å²) >= 11 is 0. The van der Waals surface area contributed by atoms with E-state index in [4.69, 9.17) is 4.42 Å². The lowest BCUT2D eigenvalue weighted by atomic mass is 10.1. The van der Waals surface area contributed by atoms with Gasteiger partial charge in [0.05, 0.1) is 0 Å². The molecular weight excluding hydrogens is 290 g/mol. The summed E-state index contributed by atoms with van der Waals surface area (Å²) < 4.78 is 5.92. The predicted octanol–water partition coefficient (Wildman–Crippen LogP) is 3.77. The van der Waals surface area contributed by atoms with E-state index in [1.165, 1.54) is 0 Å². The number of hydrogen-bond acceptors (Lipinski definition) is 4. The first kappa shape index (κ1) is 15.3. The number of H-pyrrole nitrogens is 1.